The van der Waals surface area contributed by atoms with Gasteiger partial charge in [-0.15, -0.1) is 0 Å². The molecule has 2 aliphatic carbocycles. The average Bonchev–Trinajstić information content (AvgIpc) is 3.56. The van der Waals surface area contributed by atoms with Crippen LogP contribution in [0.3, 0.4) is 0 Å². The van der Waals surface area contributed by atoms with Crippen LogP contribution in [0.5, 0.6) is 0 Å². The Hall–Kier alpha value is -5.02. The molecule has 0 bridgehead atoms. The van der Waals surface area contributed by atoms with Crippen molar-refractivity contribution in [3.63, 3.8) is 0 Å². The Morgan fingerprint density at radius 3 is 2.16 bits per heavy atom. The van der Waals surface area contributed by atoms with Crippen molar-refractivity contribution in [2.45, 2.75) is 117 Å². The van der Waals surface area contributed by atoms with Crippen LogP contribution in [-0.4, -0.2) is 12.4 Å². The number of rotatable bonds is 5. The third-order valence-corrected chi connectivity index (χ3v) is 15.6. The Bertz CT molecular complexity index is 2660. The average molecular weight is 743 g/mol. The van der Waals surface area contributed by atoms with Crippen molar-refractivity contribution in [3.8, 4) is 33.4 Å². The van der Waals surface area contributed by atoms with Crippen LogP contribution < -0.4 is 20.6 Å². The van der Waals surface area contributed by atoms with Crippen molar-refractivity contribution < 1.29 is 0 Å². The lowest BCUT2D eigenvalue weighted by Crippen LogP contribution is -2.64. The van der Waals surface area contributed by atoms with Crippen molar-refractivity contribution in [1.29, 1.82) is 0 Å². The summed E-state index contributed by atoms with van der Waals surface area (Å²) < 4.78 is 0. The number of benzene rings is 6. The van der Waals surface area contributed by atoms with Crippen LogP contribution in [0.1, 0.15) is 112 Å². The molecular formula is C54H55BN2. The molecule has 2 atom stereocenters. The molecule has 3 aliphatic heterocycles. The summed E-state index contributed by atoms with van der Waals surface area (Å²) in [5, 5.41) is 0. The smallest absolute Gasteiger partial charge is 0.333 e. The quantitative estimate of drug-likeness (QED) is 0.162. The van der Waals surface area contributed by atoms with E-state index in [1.807, 2.05) is 0 Å². The highest BCUT2D eigenvalue weighted by Crippen LogP contribution is 2.64. The van der Waals surface area contributed by atoms with Gasteiger partial charge >= 0.3 is 6.85 Å². The molecule has 3 heterocycles. The van der Waals surface area contributed by atoms with E-state index in [1.165, 1.54) is 139 Å². The predicted octanol–water partition coefficient (Wildman–Crippen LogP) is 12.9. The van der Waals surface area contributed by atoms with Crippen molar-refractivity contribution in [2.24, 2.45) is 0 Å². The van der Waals surface area contributed by atoms with E-state index in [2.05, 4.69) is 168 Å². The summed E-state index contributed by atoms with van der Waals surface area (Å²) in [5.41, 5.74) is 26.7. The van der Waals surface area contributed by atoms with Crippen molar-refractivity contribution >= 4 is 40.5 Å². The van der Waals surface area contributed by atoms with Gasteiger partial charge in [0.2, 0.25) is 0 Å². The standard InChI is InChI=1S/C54H55BN2/c1-9-10-18-36-29-44-51-45(30-36)55-49-41(31-37(47-34(3)27-33(2)28-35(47)4)32-46(49)56(51)54(8)26-17-16-25-53(44,54)7)39-23-24-43-48(40-21-14-15-22-42(40)52(43,5)6)50(39)57(55)38-19-12-11-13-20-38/h11-15,19-24,27-32H,9-10,16-18,25-26H2,1-8H3. The molecule has 0 amide bonds. The highest BCUT2D eigenvalue weighted by atomic mass is 15.3. The molecule has 57 heavy (non-hydrogen) atoms. The second-order valence-corrected chi connectivity index (χ2v) is 19.2. The maximum Gasteiger partial charge on any atom is 0.333 e. The second-order valence-electron chi connectivity index (χ2n) is 19.2. The number of fused-ring (bicyclic) bond motifs is 11. The lowest BCUT2D eigenvalue weighted by Gasteiger charge is -2.53. The zero-order valence-corrected chi connectivity index (χ0v) is 35.2. The number of para-hydroxylation sites is 1. The number of hydrogen-bond donors (Lipinski definition) is 0. The van der Waals surface area contributed by atoms with Crippen LogP contribution in [-0.2, 0) is 17.3 Å². The van der Waals surface area contributed by atoms with Gasteiger partial charge < -0.3 is 9.71 Å². The highest BCUT2D eigenvalue weighted by molar-refractivity contribution is 6.93. The predicted molar refractivity (Wildman–Crippen MR) is 244 cm³/mol. The molecule has 2 nitrogen and oxygen atoms in total. The Morgan fingerprint density at radius 1 is 0.649 bits per heavy atom. The molecule has 11 rings (SSSR count). The molecule has 1 saturated carbocycles. The summed E-state index contributed by atoms with van der Waals surface area (Å²) in [6.45, 7) is 19.4. The molecule has 3 heteroatoms. The van der Waals surface area contributed by atoms with E-state index in [0.29, 0.717) is 0 Å². The number of anilines is 4. The second kappa shape index (κ2) is 12.0. The maximum atomic E-state index is 2.91. The van der Waals surface area contributed by atoms with Gasteiger partial charge in [0.25, 0.3) is 0 Å². The molecule has 5 aliphatic rings. The third-order valence-electron chi connectivity index (χ3n) is 15.6. The summed E-state index contributed by atoms with van der Waals surface area (Å²) >= 11 is 0. The van der Waals surface area contributed by atoms with Gasteiger partial charge in [-0.05, 0) is 144 Å². The van der Waals surface area contributed by atoms with Crippen LogP contribution >= 0.6 is 0 Å². The van der Waals surface area contributed by atoms with Gasteiger partial charge in [-0.3, -0.25) is 0 Å². The fourth-order valence-electron chi connectivity index (χ4n) is 12.8. The Kier molecular flexibility index (Phi) is 7.41. The molecule has 0 aromatic heterocycles. The van der Waals surface area contributed by atoms with E-state index >= 15 is 0 Å². The summed E-state index contributed by atoms with van der Waals surface area (Å²) in [7, 11) is 0. The molecule has 0 N–H and O–H groups in total. The van der Waals surface area contributed by atoms with Gasteiger partial charge in [-0.25, -0.2) is 0 Å². The zero-order chi connectivity index (χ0) is 39.2. The SMILES string of the molecule is CCCCc1cc2c3c(c1)C1(C)CCCCC1(C)N3c1cc(-c3c(C)cc(C)cc3C)cc3c1B2N(c1ccccc1)c1c-3ccc2c1-c1ccccc1C2(C)C. The Morgan fingerprint density at radius 2 is 1.39 bits per heavy atom. The van der Waals surface area contributed by atoms with Crippen molar-refractivity contribution in [1.82, 2.24) is 0 Å². The molecular weight excluding hydrogens is 687 g/mol. The minimum atomic E-state index is -0.101. The van der Waals surface area contributed by atoms with Crippen LogP contribution in [0.25, 0.3) is 33.4 Å². The van der Waals surface area contributed by atoms with Gasteiger partial charge in [-0.1, -0.05) is 131 Å². The molecule has 0 radical (unpaired) electrons. The minimum Gasteiger partial charge on any atom is -0.376 e. The minimum absolute atomic E-state index is 0.0282. The zero-order valence-electron chi connectivity index (χ0n) is 35.2. The highest BCUT2D eigenvalue weighted by Gasteiger charge is 2.62. The first-order valence-corrected chi connectivity index (χ1v) is 21.8. The van der Waals surface area contributed by atoms with Gasteiger partial charge in [-0.2, -0.15) is 0 Å². The first kappa shape index (κ1) is 35.2. The van der Waals surface area contributed by atoms with Crippen molar-refractivity contribution in [3.05, 3.63) is 142 Å². The molecule has 6 aromatic carbocycles. The Balaban J connectivity index is 1.33. The Labute approximate surface area is 341 Å². The summed E-state index contributed by atoms with van der Waals surface area (Å²) in [6, 6.07) is 40.9. The topological polar surface area (TPSA) is 6.48 Å². The molecule has 0 spiro atoms. The molecule has 2 unspecified atom stereocenters. The van der Waals surface area contributed by atoms with E-state index in [-0.39, 0.29) is 23.2 Å². The maximum absolute atomic E-state index is 2.91. The van der Waals surface area contributed by atoms with Crippen LogP contribution in [0, 0.1) is 20.8 Å². The van der Waals surface area contributed by atoms with Gasteiger partial charge in [0, 0.05) is 44.7 Å². The molecule has 284 valence electrons. The van der Waals surface area contributed by atoms with Crippen molar-refractivity contribution in [2.75, 3.05) is 9.71 Å². The lowest BCUT2D eigenvalue weighted by atomic mass is 9.43. The van der Waals surface area contributed by atoms with E-state index in [1.54, 1.807) is 5.56 Å². The van der Waals surface area contributed by atoms with Crippen LogP contribution in [0.2, 0.25) is 0 Å². The first-order valence-electron chi connectivity index (χ1n) is 21.8. The number of aryl methyl sites for hydroxylation is 4. The lowest BCUT2D eigenvalue weighted by molar-refractivity contribution is 0.195. The number of hydrogen-bond acceptors (Lipinski definition) is 2. The molecule has 6 aromatic rings. The van der Waals surface area contributed by atoms with Crippen LogP contribution in [0.15, 0.2) is 103 Å². The number of nitrogens with zero attached hydrogens (tertiary/aromatic N) is 2. The fraction of sp³-hybridized carbons (Fsp3) is 0.333. The fourth-order valence-corrected chi connectivity index (χ4v) is 12.8. The normalized spacial score (nSPS) is 21.4. The summed E-state index contributed by atoms with van der Waals surface area (Å²) in [5.74, 6) is 0. The third kappa shape index (κ3) is 4.49. The summed E-state index contributed by atoms with van der Waals surface area (Å²) in [4.78, 5) is 5.71. The van der Waals surface area contributed by atoms with E-state index in [9.17, 15) is 0 Å². The summed E-state index contributed by atoms with van der Waals surface area (Å²) in [6.07, 6.45) is 8.54. The van der Waals surface area contributed by atoms with Gasteiger partial charge in [0.1, 0.15) is 0 Å². The van der Waals surface area contributed by atoms with Gasteiger partial charge in [0.05, 0.1) is 5.54 Å². The van der Waals surface area contributed by atoms with E-state index < -0.39 is 0 Å². The van der Waals surface area contributed by atoms with Gasteiger partial charge in [0.15, 0.2) is 0 Å². The first-order chi connectivity index (χ1) is 27.5. The number of unbranched alkanes of at least 4 members (excludes halogenated alkanes) is 1. The largest absolute Gasteiger partial charge is 0.376 e. The molecule has 0 saturated heterocycles. The van der Waals surface area contributed by atoms with Crippen LogP contribution in [0.4, 0.5) is 22.7 Å². The van der Waals surface area contributed by atoms with E-state index in [0.717, 1.165) is 6.42 Å². The van der Waals surface area contributed by atoms with E-state index in [4.69, 9.17) is 0 Å². The monoisotopic (exact) mass is 742 g/mol. The molecule has 1 fully saturated rings.